The minimum Gasteiger partial charge on any atom is -0.394 e. The summed E-state index contributed by atoms with van der Waals surface area (Å²) in [6.07, 6.45) is 0.858. The van der Waals surface area contributed by atoms with Gasteiger partial charge in [-0.25, -0.2) is 0 Å². The summed E-state index contributed by atoms with van der Waals surface area (Å²) >= 11 is 0. The minimum absolute atomic E-state index is 0.359. The van der Waals surface area contributed by atoms with Crippen LogP contribution in [0.1, 0.15) is 32.0 Å². The first-order chi connectivity index (χ1) is 9.54. The van der Waals surface area contributed by atoms with E-state index in [1.165, 1.54) is 5.56 Å². The average molecular weight is 272 g/mol. The molecule has 0 spiro atoms. The maximum Gasteiger partial charge on any atom is 0.150 e. The molecule has 1 aromatic carbocycles. The largest absolute Gasteiger partial charge is 0.394 e. The Morgan fingerprint density at radius 2 is 1.90 bits per heavy atom. The Labute approximate surface area is 121 Å². The number of nitrogen functional groups attached to an aromatic ring is 1. The smallest absolute Gasteiger partial charge is 0.150 e. The first kappa shape index (κ1) is 14.4. The first-order valence-corrected chi connectivity index (χ1v) is 7.16. The van der Waals surface area contributed by atoms with Crippen molar-refractivity contribution in [3.63, 3.8) is 0 Å². The lowest BCUT2D eigenvalue weighted by atomic mass is 10.2. The first-order valence-electron chi connectivity index (χ1n) is 7.16. The fraction of sp³-hybridized carbons (Fsp3) is 0.438. The number of benzene rings is 1. The standard InChI is InChI=1S/C16H24N4/c1-5-14-15(17)16(19(4)18-14)20(12(2)3)11-13-9-7-6-8-10-13/h6-10,12H,5,11,17H2,1-4H3. The van der Waals surface area contributed by atoms with Crippen LogP contribution in [0.2, 0.25) is 0 Å². The zero-order valence-electron chi connectivity index (χ0n) is 12.8. The molecule has 4 nitrogen and oxygen atoms in total. The van der Waals surface area contributed by atoms with Gasteiger partial charge in [0, 0.05) is 19.6 Å². The van der Waals surface area contributed by atoms with Gasteiger partial charge in [-0.3, -0.25) is 4.68 Å². The average Bonchev–Trinajstić information content (AvgIpc) is 2.72. The van der Waals surface area contributed by atoms with Crippen molar-refractivity contribution in [2.24, 2.45) is 7.05 Å². The number of nitrogens with zero attached hydrogens (tertiary/aromatic N) is 3. The van der Waals surface area contributed by atoms with E-state index in [4.69, 9.17) is 5.73 Å². The number of anilines is 2. The van der Waals surface area contributed by atoms with Gasteiger partial charge < -0.3 is 10.6 Å². The maximum absolute atomic E-state index is 6.28. The van der Waals surface area contributed by atoms with Gasteiger partial charge in [0.15, 0.2) is 5.82 Å². The molecule has 108 valence electrons. The van der Waals surface area contributed by atoms with Crippen LogP contribution in [0.5, 0.6) is 0 Å². The lowest BCUT2D eigenvalue weighted by Gasteiger charge is -2.29. The molecule has 2 aromatic rings. The van der Waals surface area contributed by atoms with E-state index in [0.717, 1.165) is 30.2 Å². The zero-order valence-corrected chi connectivity index (χ0v) is 12.8. The second-order valence-electron chi connectivity index (χ2n) is 5.37. The molecule has 0 saturated carbocycles. The molecular formula is C16H24N4. The van der Waals surface area contributed by atoms with Gasteiger partial charge in [-0.15, -0.1) is 0 Å². The normalized spacial score (nSPS) is 11.1. The Morgan fingerprint density at radius 1 is 1.25 bits per heavy atom. The molecule has 0 fully saturated rings. The van der Waals surface area contributed by atoms with Gasteiger partial charge in [-0.1, -0.05) is 37.3 Å². The zero-order chi connectivity index (χ0) is 14.7. The predicted molar refractivity (Wildman–Crippen MR) is 84.8 cm³/mol. The van der Waals surface area contributed by atoms with Crippen LogP contribution in [-0.2, 0) is 20.0 Å². The van der Waals surface area contributed by atoms with E-state index in [0.29, 0.717) is 6.04 Å². The Hall–Kier alpha value is -1.97. The van der Waals surface area contributed by atoms with Crippen LogP contribution < -0.4 is 10.6 Å². The van der Waals surface area contributed by atoms with E-state index in [1.807, 2.05) is 17.8 Å². The van der Waals surface area contributed by atoms with Crippen molar-refractivity contribution in [3.05, 3.63) is 41.6 Å². The number of nitrogens with two attached hydrogens (primary N) is 1. The highest BCUT2D eigenvalue weighted by Crippen LogP contribution is 2.29. The molecule has 0 aliphatic carbocycles. The highest BCUT2D eigenvalue weighted by Gasteiger charge is 2.20. The van der Waals surface area contributed by atoms with Gasteiger partial charge in [0.05, 0.1) is 11.4 Å². The molecule has 0 aliphatic heterocycles. The van der Waals surface area contributed by atoms with Gasteiger partial charge >= 0.3 is 0 Å². The molecule has 1 heterocycles. The summed E-state index contributed by atoms with van der Waals surface area (Å²) in [7, 11) is 1.96. The molecule has 0 saturated heterocycles. The Bertz CT molecular complexity index is 557. The third-order valence-corrected chi connectivity index (χ3v) is 3.56. The summed E-state index contributed by atoms with van der Waals surface area (Å²) in [5, 5.41) is 4.52. The van der Waals surface area contributed by atoms with Gasteiger partial charge in [0.1, 0.15) is 0 Å². The molecule has 0 unspecified atom stereocenters. The van der Waals surface area contributed by atoms with E-state index in [-0.39, 0.29) is 0 Å². The fourth-order valence-corrected chi connectivity index (χ4v) is 2.47. The lowest BCUT2D eigenvalue weighted by Crippen LogP contribution is -2.32. The van der Waals surface area contributed by atoms with Crippen molar-refractivity contribution in [2.45, 2.75) is 39.8 Å². The second kappa shape index (κ2) is 5.99. The summed E-state index contributed by atoms with van der Waals surface area (Å²) < 4.78 is 1.90. The number of rotatable bonds is 5. The third-order valence-electron chi connectivity index (χ3n) is 3.56. The lowest BCUT2D eigenvalue weighted by molar-refractivity contribution is 0.634. The molecule has 0 aliphatic rings. The monoisotopic (exact) mass is 272 g/mol. The number of aromatic nitrogens is 2. The molecule has 0 bridgehead atoms. The summed E-state index contributed by atoms with van der Waals surface area (Å²) in [5.41, 5.74) is 9.34. The van der Waals surface area contributed by atoms with Crippen LogP contribution in [-0.4, -0.2) is 15.8 Å². The topological polar surface area (TPSA) is 47.1 Å². The van der Waals surface area contributed by atoms with Crippen LogP contribution in [0.4, 0.5) is 11.5 Å². The fourth-order valence-electron chi connectivity index (χ4n) is 2.47. The number of hydrogen-bond donors (Lipinski definition) is 1. The predicted octanol–water partition coefficient (Wildman–Crippen LogP) is 2.98. The van der Waals surface area contributed by atoms with Crippen molar-refractivity contribution in [3.8, 4) is 0 Å². The molecular weight excluding hydrogens is 248 g/mol. The van der Waals surface area contributed by atoms with E-state index < -0.39 is 0 Å². The molecule has 0 radical (unpaired) electrons. The maximum atomic E-state index is 6.28. The van der Waals surface area contributed by atoms with Crippen LogP contribution in [0.15, 0.2) is 30.3 Å². The third kappa shape index (κ3) is 2.79. The summed E-state index contributed by atoms with van der Waals surface area (Å²) in [6, 6.07) is 10.8. The summed E-state index contributed by atoms with van der Waals surface area (Å²) in [6.45, 7) is 7.28. The van der Waals surface area contributed by atoms with E-state index >= 15 is 0 Å². The number of aryl methyl sites for hydroxylation is 2. The van der Waals surface area contributed by atoms with Gasteiger partial charge in [0.2, 0.25) is 0 Å². The molecule has 4 heteroatoms. The minimum atomic E-state index is 0.359. The molecule has 0 atom stereocenters. The molecule has 1 aromatic heterocycles. The van der Waals surface area contributed by atoms with Gasteiger partial charge in [-0.2, -0.15) is 5.10 Å². The molecule has 2 rings (SSSR count). The van der Waals surface area contributed by atoms with Crippen molar-refractivity contribution in [2.75, 3.05) is 10.6 Å². The molecule has 20 heavy (non-hydrogen) atoms. The van der Waals surface area contributed by atoms with E-state index in [9.17, 15) is 0 Å². The Balaban J connectivity index is 2.37. The summed E-state index contributed by atoms with van der Waals surface area (Å²) in [5.74, 6) is 1.01. The van der Waals surface area contributed by atoms with Crippen molar-refractivity contribution in [1.29, 1.82) is 0 Å². The van der Waals surface area contributed by atoms with Crippen LogP contribution in [0.25, 0.3) is 0 Å². The Kier molecular flexibility index (Phi) is 4.32. The SMILES string of the molecule is CCc1nn(C)c(N(Cc2ccccc2)C(C)C)c1N. The second-order valence-corrected chi connectivity index (χ2v) is 5.37. The van der Waals surface area contributed by atoms with Gasteiger partial charge in [-0.05, 0) is 25.8 Å². The quantitative estimate of drug-likeness (QED) is 0.910. The van der Waals surface area contributed by atoms with E-state index in [2.05, 4.69) is 55.0 Å². The number of hydrogen-bond acceptors (Lipinski definition) is 3. The molecule has 2 N–H and O–H groups in total. The van der Waals surface area contributed by atoms with Crippen LogP contribution in [0.3, 0.4) is 0 Å². The van der Waals surface area contributed by atoms with E-state index in [1.54, 1.807) is 0 Å². The summed E-state index contributed by atoms with van der Waals surface area (Å²) in [4.78, 5) is 2.30. The van der Waals surface area contributed by atoms with Crippen molar-refractivity contribution < 1.29 is 0 Å². The van der Waals surface area contributed by atoms with Crippen LogP contribution in [0, 0.1) is 0 Å². The van der Waals surface area contributed by atoms with Crippen molar-refractivity contribution >= 4 is 11.5 Å². The van der Waals surface area contributed by atoms with Crippen molar-refractivity contribution in [1.82, 2.24) is 9.78 Å². The Morgan fingerprint density at radius 3 is 2.40 bits per heavy atom. The molecule has 0 amide bonds. The highest BCUT2D eigenvalue weighted by atomic mass is 15.4. The van der Waals surface area contributed by atoms with Crippen LogP contribution >= 0.6 is 0 Å². The highest BCUT2D eigenvalue weighted by molar-refractivity contribution is 5.67. The van der Waals surface area contributed by atoms with Gasteiger partial charge in [0.25, 0.3) is 0 Å².